The van der Waals surface area contributed by atoms with Crippen LogP contribution in [0.2, 0.25) is 0 Å². The van der Waals surface area contributed by atoms with Gasteiger partial charge in [0.25, 0.3) is 0 Å². The first-order valence-electron chi connectivity index (χ1n) is 7.17. The topological polar surface area (TPSA) is 63.8 Å². The van der Waals surface area contributed by atoms with E-state index in [2.05, 4.69) is 26.5 Å². The second-order valence-electron chi connectivity index (χ2n) is 5.48. The molecule has 3 aromatic rings. The molecule has 1 aliphatic rings. The van der Waals surface area contributed by atoms with Gasteiger partial charge in [0.1, 0.15) is 0 Å². The summed E-state index contributed by atoms with van der Waals surface area (Å²) in [6, 6.07) is 4.52. The van der Waals surface area contributed by atoms with E-state index < -0.39 is 0 Å². The first kappa shape index (κ1) is 12.9. The van der Waals surface area contributed by atoms with E-state index in [4.69, 9.17) is 4.52 Å². The average molecular weight is 300 g/mol. The molecule has 3 aromatic heterocycles. The van der Waals surface area contributed by atoms with Crippen LogP contribution in [0.1, 0.15) is 18.7 Å². The molecule has 5 nitrogen and oxygen atoms in total. The number of nitrogens with one attached hydrogen (secondary N) is 1. The molecule has 0 amide bonds. The average Bonchev–Trinajstić information content (AvgIpc) is 3.07. The van der Waals surface area contributed by atoms with Gasteiger partial charge < -0.3 is 9.84 Å². The lowest BCUT2D eigenvalue weighted by atomic mass is 10.1. The Morgan fingerprint density at radius 1 is 1.48 bits per heavy atom. The molecule has 21 heavy (non-hydrogen) atoms. The minimum Gasteiger partial charge on any atom is -0.339 e. The van der Waals surface area contributed by atoms with Gasteiger partial charge in [-0.3, -0.25) is 4.98 Å². The van der Waals surface area contributed by atoms with Crippen molar-refractivity contribution in [3.63, 3.8) is 0 Å². The minimum atomic E-state index is 0.441. The lowest BCUT2D eigenvalue weighted by Gasteiger charge is -2.11. The summed E-state index contributed by atoms with van der Waals surface area (Å²) < 4.78 is 6.54. The quantitative estimate of drug-likeness (QED) is 0.785. The minimum absolute atomic E-state index is 0.441. The summed E-state index contributed by atoms with van der Waals surface area (Å²) >= 11 is 1.67. The van der Waals surface area contributed by atoms with Crippen LogP contribution in [0.5, 0.6) is 0 Å². The van der Waals surface area contributed by atoms with E-state index in [0.29, 0.717) is 17.8 Å². The molecule has 0 spiro atoms. The van der Waals surface area contributed by atoms with Crippen molar-refractivity contribution in [1.82, 2.24) is 20.4 Å². The van der Waals surface area contributed by atoms with Gasteiger partial charge in [-0.1, -0.05) is 5.16 Å². The van der Waals surface area contributed by atoms with Crippen LogP contribution in [0.25, 0.3) is 21.6 Å². The van der Waals surface area contributed by atoms with Gasteiger partial charge in [0.2, 0.25) is 11.7 Å². The molecule has 3 heterocycles. The summed E-state index contributed by atoms with van der Waals surface area (Å²) in [7, 11) is 1.99. The van der Waals surface area contributed by atoms with Crippen LogP contribution in [-0.4, -0.2) is 28.2 Å². The van der Waals surface area contributed by atoms with Crippen molar-refractivity contribution in [2.24, 2.45) is 5.92 Å². The zero-order valence-corrected chi connectivity index (χ0v) is 12.6. The molecule has 0 saturated heterocycles. The molecule has 0 aromatic carbocycles. The highest BCUT2D eigenvalue weighted by atomic mass is 32.1. The van der Waals surface area contributed by atoms with Gasteiger partial charge in [-0.05, 0) is 43.3 Å². The normalized spacial score (nSPS) is 16.4. The molecule has 1 saturated carbocycles. The predicted molar refractivity (Wildman–Crippen MR) is 82.2 cm³/mol. The molecule has 1 fully saturated rings. The second-order valence-corrected chi connectivity index (χ2v) is 6.42. The van der Waals surface area contributed by atoms with Gasteiger partial charge >= 0.3 is 0 Å². The van der Waals surface area contributed by atoms with Crippen molar-refractivity contribution in [2.45, 2.75) is 25.3 Å². The Kier molecular flexibility index (Phi) is 3.20. The number of aromatic nitrogens is 3. The van der Waals surface area contributed by atoms with Crippen LogP contribution in [0.4, 0.5) is 0 Å². The van der Waals surface area contributed by atoms with Crippen molar-refractivity contribution in [3.8, 4) is 11.4 Å². The number of thiophene rings is 1. The first-order chi connectivity index (χ1) is 10.3. The van der Waals surface area contributed by atoms with Gasteiger partial charge in [0.05, 0.1) is 10.2 Å². The maximum absolute atomic E-state index is 5.40. The third-order valence-electron chi connectivity index (χ3n) is 3.99. The highest BCUT2D eigenvalue weighted by molar-refractivity contribution is 7.17. The molecule has 108 valence electrons. The molecule has 6 heteroatoms. The van der Waals surface area contributed by atoms with Crippen molar-refractivity contribution in [2.75, 3.05) is 7.05 Å². The Morgan fingerprint density at radius 2 is 2.38 bits per heavy atom. The second kappa shape index (κ2) is 5.20. The van der Waals surface area contributed by atoms with Crippen molar-refractivity contribution >= 4 is 21.6 Å². The Hall–Kier alpha value is -1.79. The van der Waals surface area contributed by atoms with Crippen molar-refractivity contribution in [3.05, 3.63) is 29.6 Å². The monoisotopic (exact) mass is 300 g/mol. The summed E-state index contributed by atoms with van der Waals surface area (Å²) in [6.45, 7) is 0. The molecule has 1 aliphatic carbocycles. The summed E-state index contributed by atoms with van der Waals surface area (Å²) in [5.41, 5.74) is 1.92. The number of nitrogens with zero attached hydrogens (tertiary/aromatic N) is 3. The van der Waals surface area contributed by atoms with Crippen LogP contribution < -0.4 is 5.32 Å². The van der Waals surface area contributed by atoms with Crippen molar-refractivity contribution in [1.29, 1.82) is 0 Å². The van der Waals surface area contributed by atoms with Crippen molar-refractivity contribution < 1.29 is 4.52 Å². The summed E-state index contributed by atoms with van der Waals surface area (Å²) in [6.07, 6.45) is 5.19. The molecule has 4 rings (SSSR count). The zero-order chi connectivity index (χ0) is 14.2. The van der Waals surface area contributed by atoms with E-state index in [1.54, 1.807) is 17.5 Å². The van der Waals surface area contributed by atoms with Gasteiger partial charge in [-0.2, -0.15) is 4.98 Å². The number of pyridine rings is 1. The largest absolute Gasteiger partial charge is 0.339 e. The maximum atomic E-state index is 5.40. The fraction of sp³-hybridized carbons (Fsp3) is 0.400. The highest BCUT2D eigenvalue weighted by Crippen LogP contribution is 2.34. The van der Waals surface area contributed by atoms with Gasteiger partial charge in [0, 0.05) is 24.2 Å². The molecule has 1 atom stereocenters. The zero-order valence-electron chi connectivity index (χ0n) is 11.7. The molecule has 0 bridgehead atoms. The Bertz CT molecular complexity index is 762. The van der Waals surface area contributed by atoms with Crippen LogP contribution in [-0.2, 0) is 6.42 Å². The number of likely N-dealkylation sites (N-methyl/N-ethyl adjacent to an activating group) is 1. The van der Waals surface area contributed by atoms with E-state index in [9.17, 15) is 0 Å². The highest BCUT2D eigenvalue weighted by Gasteiger charge is 2.31. The molecule has 0 aliphatic heterocycles. The lowest BCUT2D eigenvalue weighted by Crippen LogP contribution is -2.29. The molecular formula is C15H16N4OS. The van der Waals surface area contributed by atoms with Crippen LogP contribution in [0.3, 0.4) is 0 Å². The molecular weight excluding hydrogens is 284 g/mol. The summed E-state index contributed by atoms with van der Waals surface area (Å²) in [4.78, 5) is 8.94. The molecule has 1 N–H and O–H groups in total. The Balaban J connectivity index is 1.57. The first-order valence-corrected chi connectivity index (χ1v) is 8.05. The third-order valence-corrected chi connectivity index (χ3v) is 4.84. The fourth-order valence-electron chi connectivity index (χ4n) is 2.61. The lowest BCUT2D eigenvalue weighted by molar-refractivity contribution is 0.352. The smallest absolute Gasteiger partial charge is 0.228 e. The van der Waals surface area contributed by atoms with Crippen LogP contribution in [0, 0.1) is 5.92 Å². The van der Waals surface area contributed by atoms with E-state index in [1.807, 2.05) is 18.5 Å². The van der Waals surface area contributed by atoms with E-state index in [0.717, 1.165) is 28.1 Å². The SMILES string of the molecule is CNC(Cc1nc(-c2cnc3ccsc3c2)no1)C1CC1. The van der Waals surface area contributed by atoms with Gasteiger partial charge in [0.15, 0.2) is 0 Å². The number of hydrogen-bond acceptors (Lipinski definition) is 6. The van der Waals surface area contributed by atoms with Gasteiger partial charge in [-0.15, -0.1) is 11.3 Å². The standard InChI is InChI=1S/C15H16N4OS/c1-16-12(9-2-3-9)7-14-18-15(19-20-14)10-6-13-11(17-8-10)4-5-21-13/h4-6,8-9,12,16H,2-3,7H2,1H3. The Labute approximate surface area is 126 Å². The third kappa shape index (κ3) is 2.56. The van der Waals surface area contributed by atoms with Crippen LogP contribution in [0.15, 0.2) is 28.2 Å². The molecule has 0 radical (unpaired) electrons. The van der Waals surface area contributed by atoms with E-state index in [-0.39, 0.29) is 0 Å². The summed E-state index contributed by atoms with van der Waals surface area (Å²) in [5.74, 6) is 2.08. The van der Waals surface area contributed by atoms with E-state index >= 15 is 0 Å². The van der Waals surface area contributed by atoms with Crippen LogP contribution >= 0.6 is 11.3 Å². The number of rotatable bonds is 5. The predicted octanol–water partition coefficient (Wildman–Crippen LogP) is 2.89. The number of hydrogen-bond donors (Lipinski definition) is 1. The van der Waals surface area contributed by atoms with E-state index in [1.165, 1.54) is 12.8 Å². The number of fused-ring (bicyclic) bond motifs is 1. The Morgan fingerprint density at radius 3 is 3.19 bits per heavy atom. The fourth-order valence-corrected chi connectivity index (χ4v) is 3.40. The maximum Gasteiger partial charge on any atom is 0.228 e. The molecule has 1 unspecified atom stereocenters. The summed E-state index contributed by atoms with van der Waals surface area (Å²) in [5, 5.41) is 9.48. The van der Waals surface area contributed by atoms with Gasteiger partial charge in [-0.25, -0.2) is 0 Å².